The number of phosphoric ester groups is 2. The van der Waals surface area contributed by atoms with Crippen molar-refractivity contribution in [2.45, 2.75) is 322 Å². The molecule has 0 spiro atoms. The molecule has 4 N–H and O–H groups in total. The summed E-state index contributed by atoms with van der Waals surface area (Å²) >= 11 is 0. The van der Waals surface area contributed by atoms with Crippen molar-refractivity contribution in [3.63, 3.8) is 0 Å². The fraction of sp³-hybridized carbons (Fsp3) is 0.691. The molecule has 0 heterocycles. The van der Waals surface area contributed by atoms with Crippen LogP contribution in [0.4, 0.5) is 0 Å². The first-order chi connectivity index (χ1) is 48.2. The van der Waals surface area contributed by atoms with E-state index in [1.807, 2.05) is 0 Å². The predicted molar refractivity (Wildman–Crippen MR) is 408 cm³/mol. The van der Waals surface area contributed by atoms with Crippen LogP contribution in [0, 0.1) is 0 Å². The van der Waals surface area contributed by atoms with Crippen LogP contribution < -0.4 is 0 Å². The number of phosphoric acid groups is 2. The van der Waals surface area contributed by atoms with Gasteiger partial charge in [-0.15, -0.1) is 0 Å². The van der Waals surface area contributed by atoms with Gasteiger partial charge in [-0.25, -0.2) is 9.13 Å². The molecule has 5 unspecified atom stereocenters. The summed E-state index contributed by atoms with van der Waals surface area (Å²) in [7, 11) is -9.79. The smallest absolute Gasteiger partial charge is 0.463 e. The number of aliphatic hydroxyl groups is 2. The third-order valence-corrected chi connectivity index (χ3v) is 17.8. The number of esters is 3. The lowest BCUT2D eigenvalue weighted by molar-refractivity contribution is -0.161. The van der Waals surface area contributed by atoms with Crippen molar-refractivity contribution in [2.24, 2.45) is 0 Å². The number of allylic oxidation sites excluding steroid dienone is 22. The summed E-state index contributed by atoms with van der Waals surface area (Å²) in [5, 5.41) is 20.6. The van der Waals surface area contributed by atoms with Gasteiger partial charge in [0.2, 0.25) is 0 Å². The second-order valence-corrected chi connectivity index (χ2v) is 28.3. The van der Waals surface area contributed by atoms with E-state index >= 15 is 0 Å². The van der Waals surface area contributed by atoms with Crippen molar-refractivity contribution < 1.29 is 75.8 Å². The van der Waals surface area contributed by atoms with Gasteiger partial charge in [0, 0.05) is 19.3 Å². The molecule has 0 saturated carbocycles. The third-order valence-electron chi connectivity index (χ3n) is 15.9. The van der Waals surface area contributed by atoms with Gasteiger partial charge in [-0.3, -0.25) is 32.5 Å². The van der Waals surface area contributed by atoms with Crippen molar-refractivity contribution in [1.29, 1.82) is 0 Å². The zero-order valence-corrected chi connectivity index (χ0v) is 63.7. The fourth-order valence-corrected chi connectivity index (χ4v) is 11.7. The van der Waals surface area contributed by atoms with Gasteiger partial charge in [0.1, 0.15) is 25.4 Å². The first-order valence-electron chi connectivity index (χ1n) is 38.5. The number of hydrogen-bond donors (Lipinski definition) is 4. The van der Waals surface area contributed by atoms with E-state index in [1.54, 1.807) is 0 Å². The van der Waals surface area contributed by atoms with Gasteiger partial charge >= 0.3 is 33.6 Å². The van der Waals surface area contributed by atoms with E-state index in [4.69, 9.17) is 32.3 Å². The molecule has 5 atom stereocenters. The minimum Gasteiger partial charge on any atom is -0.463 e. The SMILES string of the molecule is CC/C=C\C/C=C\C/C=C\C/C=C\C/C=C\CCCCCCCCCCCCCCCCCCCC(=O)OCC(O)COP(=O)(O)OCC(O)COP(=O)(O)OCC(COC(=O)CCCCCCC/C=C\C/C=C\C/C=C\CC)OC(=O)CCCCCCC/C=C\C/C=C\C/C=C\CC. The number of aliphatic hydroxyl groups excluding tert-OH is 2. The maximum Gasteiger partial charge on any atom is 0.472 e. The summed E-state index contributed by atoms with van der Waals surface area (Å²) in [5.41, 5.74) is 0. The van der Waals surface area contributed by atoms with Gasteiger partial charge in [-0.05, 0) is 128 Å². The van der Waals surface area contributed by atoms with Crippen molar-refractivity contribution in [3.05, 3.63) is 134 Å². The van der Waals surface area contributed by atoms with E-state index in [-0.39, 0.29) is 19.3 Å². The second-order valence-electron chi connectivity index (χ2n) is 25.4. The van der Waals surface area contributed by atoms with Gasteiger partial charge in [0.05, 0.1) is 26.4 Å². The van der Waals surface area contributed by atoms with Crippen LogP contribution >= 0.6 is 15.6 Å². The molecule has 0 saturated heterocycles. The maximum absolute atomic E-state index is 12.9. The average Bonchev–Trinajstić information content (AvgIpc) is 1.43. The highest BCUT2D eigenvalue weighted by molar-refractivity contribution is 7.47. The second kappa shape index (κ2) is 73.4. The average molecular weight is 1430 g/mol. The van der Waals surface area contributed by atoms with Crippen molar-refractivity contribution in [3.8, 4) is 0 Å². The van der Waals surface area contributed by atoms with E-state index in [9.17, 15) is 43.5 Å². The summed E-state index contributed by atoms with van der Waals surface area (Å²) < 4.78 is 61.0. The Bertz CT molecular complexity index is 2330. The van der Waals surface area contributed by atoms with Crippen molar-refractivity contribution >= 4 is 33.6 Å². The molecule has 18 heteroatoms. The Morgan fingerprint density at radius 3 is 0.798 bits per heavy atom. The summed E-state index contributed by atoms with van der Waals surface area (Å²) in [5.74, 6) is -1.61. The first-order valence-corrected chi connectivity index (χ1v) is 41.5. The molecule has 0 rings (SSSR count). The standard InChI is InChI=1S/C81H138O16P2/c1-4-7-10-13-16-19-22-25-28-29-30-31-32-33-34-35-36-37-38-39-40-41-42-43-44-45-48-50-52-55-58-61-64-67-79(84)91-70-76(82)71-93-98(87,88)94-72-77(83)73-95-99(89,90)96-75-78(97-81(86)69-66-63-60-57-54-51-47-27-24-21-18-15-12-9-6-3)74-92-80(85)68-65-62-59-56-53-49-46-26-23-20-17-14-11-8-5-2/h7-12,16-21,25-28,30-31,33-34,46-47,76-78,82-83H,4-6,13-15,22-24,29,32,35-45,48-75H2,1-3H3,(H,87,88)(H,89,90)/b10-7-,11-8-,12-9-,19-16-,20-17-,21-18-,28-25-,31-30-,34-33-,46-26-,47-27-. The molecular formula is C81H138O16P2. The lowest BCUT2D eigenvalue weighted by Crippen LogP contribution is -2.30. The van der Waals surface area contributed by atoms with Gasteiger partial charge in [-0.2, -0.15) is 0 Å². The van der Waals surface area contributed by atoms with Crippen LogP contribution in [0.1, 0.15) is 303 Å². The molecule has 0 aliphatic carbocycles. The Labute approximate surface area is 601 Å². The topological polar surface area (TPSA) is 231 Å². The quantitative estimate of drug-likeness (QED) is 0.0146. The normalized spacial score (nSPS) is 14.8. The Hall–Kier alpha value is -4.31. The van der Waals surface area contributed by atoms with Crippen LogP contribution in [0.5, 0.6) is 0 Å². The van der Waals surface area contributed by atoms with E-state index in [0.29, 0.717) is 19.3 Å². The van der Waals surface area contributed by atoms with Gasteiger partial charge in [0.25, 0.3) is 0 Å². The molecule has 0 aromatic carbocycles. The molecule has 0 bridgehead atoms. The number of hydrogen-bond acceptors (Lipinski definition) is 14. The molecular weight excluding hydrogens is 1290 g/mol. The van der Waals surface area contributed by atoms with Crippen LogP contribution in [-0.4, -0.2) is 95.9 Å². The molecule has 16 nitrogen and oxygen atoms in total. The van der Waals surface area contributed by atoms with Crippen LogP contribution in [0.3, 0.4) is 0 Å². The molecule has 99 heavy (non-hydrogen) atoms. The fourth-order valence-electron chi connectivity index (χ4n) is 10.1. The molecule has 0 fully saturated rings. The van der Waals surface area contributed by atoms with E-state index in [0.717, 1.165) is 154 Å². The first kappa shape index (κ1) is 94.7. The van der Waals surface area contributed by atoms with Crippen LogP contribution in [-0.2, 0) is 55.8 Å². The molecule has 0 radical (unpaired) electrons. The molecule has 568 valence electrons. The number of carbonyl (C=O) groups excluding carboxylic acids is 3. The molecule has 0 amide bonds. The largest absolute Gasteiger partial charge is 0.472 e. The number of unbranched alkanes of at least 4 members (excludes halogenated alkanes) is 27. The Morgan fingerprint density at radius 1 is 0.283 bits per heavy atom. The van der Waals surface area contributed by atoms with Crippen molar-refractivity contribution in [2.75, 3.05) is 39.6 Å². The minimum atomic E-state index is -4.94. The maximum atomic E-state index is 12.9. The lowest BCUT2D eigenvalue weighted by Gasteiger charge is -2.21. The van der Waals surface area contributed by atoms with Crippen LogP contribution in [0.15, 0.2) is 134 Å². The highest BCUT2D eigenvalue weighted by atomic mass is 31.2. The number of rotatable bonds is 72. The molecule has 0 aromatic heterocycles. The Morgan fingerprint density at radius 2 is 0.505 bits per heavy atom. The summed E-state index contributed by atoms with van der Waals surface area (Å²) in [6, 6.07) is 0. The zero-order valence-electron chi connectivity index (χ0n) is 61.9. The summed E-state index contributed by atoms with van der Waals surface area (Å²) in [6.45, 7) is 2.30. The lowest BCUT2D eigenvalue weighted by atomic mass is 10.0. The zero-order chi connectivity index (χ0) is 72.3. The molecule has 0 aliphatic rings. The van der Waals surface area contributed by atoms with Crippen LogP contribution in [0.25, 0.3) is 0 Å². The van der Waals surface area contributed by atoms with Crippen LogP contribution in [0.2, 0.25) is 0 Å². The monoisotopic (exact) mass is 1430 g/mol. The van der Waals surface area contributed by atoms with Crippen molar-refractivity contribution in [1.82, 2.24) is 0 Å². The Kier molecular flexibility index (Phi) is 70.2. The van der Waals surface area contributed by atoms with Gasteiger partial charge in [-0.1, -0.05) is 289 Å². The highest BCUT2D eigenvalue weighted by Crippen LogP contribution is 2.45. The van der Waals surface area contributed by atoms with E-state index in [1.165, 1.54) is 89.9 Å². The third kappa shape index (κ3) is 74.7. The van der Waals surface area contributed by atoms with E-state index < -0.39 is 91.5 Å². The molecule has 0 aliphatic heterocycles. The summed E-state index contributed by atoms with van der Waals surface area (Å²) in [6.07, 6.45) is 88.1. The predicted octanol–water partition coefficient (Wildman–Crippen LogP) is 22.3. The molecule has 0 aromatic rings. The number of ether oxygens (including phenoxy) is 3. The van der Waals surface area contributed by atoms with Gasteiger partial charge in [0.15, 0.2) is 6.10 Å². The highest BCUT2D eigenvalue weighted by Gasteiger charge is 2.29. The Balaban J connectivity index is 4.40. The van der Waals surface area contributed by atoms with E-state index in [2.05, 4.69) is 154 Å². The number of carbonyl (C=O) groups is 3. The summed E-state index contributed by atoms with van der Waals surface area (Å²) in [4.78, 5) is 58.5. The minimum absolute atomic E-state index is 0.0789. The van der Waals surface area contributed by atoms with Gasteiger partial charge < -0.3 is 34.2 Å².